The Kier molecular flexibility index (Phi) is 5.85. The van der Waals surface area contributed by atoms with E-state index in [0.29, 0.717) is 4.88 Å². The first-order valence-electron chi connectivity index (χ1n) is 8.54. The van der Waals surface area contributed by atoms with Gasteiger partial charge in [-0.25, -0.2) is 0 Å². The number of hydrogen-bond donors (Lipinski definition) is 2. The number of rotatable bonds is 6. The molecule has 3 rings (SSSR count). The number of hydrogen-bond acceptors (Lipinski definition) is 4. The van der Waals surface area contributed by atoms with E-state index in [9.17, 15) is 18.0 Å². The maximum Gasteiger partial charge on any atom is 0.416 e. The third-order valence-electron chi connectivity index (χ3n) is 4.31. The van der Waals surface area contributed by atoms with E-state index in [1.165, 1.54) is 23.5 Å². The Bertz CT molecular complexity index is 964. The maximum absolute atomic E-state index is 13.2. The Morgan fingerprint density at radius 1 is 1.25 bits per heavy atom. The number of benzene rings is 1. The van der Waals surface area contributed by atoms with E-state index in [-0.39, 0.29) is 24.4 Å². The highest BCUT2D eigenvalue weighted by atomic mass is 32.1. The molecule has 9 heteroatoms. The first-order chi connectivity index (χ1) is 13.3. The molecular weight excluding hydrogens is 389 g/mol. The van der Waals surface area contributed by atoms with Crippen LogP contribution in [0.1, 0.15) is 20.8 Å². The van der Waals surface area contributed by atoms with E-state index in [1.54, 1.807) is 30.1 Å². The summed E-state index contributed by atoms with van der Waals surface area (Å²) in [6.07, 6.45) is -2.79. The quantitative estimate of drug-likeness (QED) is 0.656. The van der Waals surface area contributed by atoms with Crippen LogP contribution < -0.4 is 11.1 Å². The lowest BCUT2D eigenvalue weighted by Crippen LogP contribution is -2.41. The van der Waals surface area contributed by atoms with Gasteiger partial charge >= 0.3 is 6.18 Å². The van der Waals surface area contributed by atoms with Crippen LogP contribution in [-0.4, -0.2) is 28.3 Å². The molecule has 0 bridgehead atoms. The summed E-state index contributed by atoms with van der Waals surface area (Å²) < 4.78 is 41.2. The number of thiophene rings is 1. The molecule has 1 amide bonds. The molecule has 0 saturated carbocycles. The minimum atomic E-state index is -4.45. The molecule has 0 aliphatic heterocycles. The number of carbonyl (C=O) groups excluding carboxylic acids is 1. The average molecular weight is 408 g/mol. The van der Waals surface area contributed by atoms with Gasteiger partial charge in [0.2, 0.25) is 0 Å². The van der Waals surface area contributed by atoms with Gasteiger partial charge in [0.25, 0.3) is 5.91 Å². The Balaban J connectivity index is 1.73. The molecule has 5 nitrogen and oxygen atoms in total. The third-order valence-corrected chi connectivity index (χ3v) is 5.42. The summed E-state index contributed by atoms with van der Waals surface area (Å²) in [6, 6.07) is 10.0. The van der Waals surface area contributed by atoms with Crippen molar-refractivity contribution in [2.24, 2.45) is 12.8 Å². The molecule has 0 saturated heterocycles. The molecule has 1 aromatic carbocycles. The fraction of sp³-hybridized carbons (Fsp3) is 0.263. The van der Waals surface area contributed by atoms with E-state index in [0.717, 1.165) is 16.6 Å². The fourth-order valence-corrected chi connectivity index (χ4v) is 3.87. The largest absolute Gasteiger partial charge is 0.416 e. The predicted octanol–water partition coefficient (Wildman–Crippen LogP) is 3.47. The summed E-state index contributed by atoms with van der Waals surface area (Å²) in [7, 11) is 1.80. The third kappa shape index (κ3) is 4.42. The van der Waals surface area contributed by atoms with Gasteiger partial charge in [0.1, 0.15) is 0 Å². The maximum atomic E-state index is 13.2. The van der Waals surface area contributed by atoms with Gasteiger partial charge in [-0.15, -0.1) is 11.3 Å². The molecule has 3 aromatic rings. The number of amides is 1. The molecule has 2 aromatic heterocycles. The van der Waals surface area contributed by atoms with Crippen LogP contribution in [0.2, 0.25) is 0 Å². The second-order valence-corrected chi connectivity index (χ2v) is 7.35. The topological polar surface area (TPSA) is 72.9 Å². The summed E-state index contributed by atoms with van der Waals surface area (Å²) >= 11 is 1.29. The summed E-state index contributed by atoms with van der Waals surface area (Å²) in [5.74, 6) is -0.363. The molecule has 3 N–H and O–H groups in total. The van der Waals surface area contributed by atoms with Crippen molar-refractivity contribution in [3.63, 3.8) is 0 Å². The van der Waals surface area contributed by atoms with E-state index >= 15 is 0 Å². The van der Waals surface area contributed by atoms with Crippen molar-refractivity contribution < 1.29 is 18.0 Å². The van der Waals surface area contributed by atoms with Crippen LogP contribution in [0.15, 0.2) is 48.7 Å². The lowest BCUT2D eigenvalue weighted by molar-refractivity contribution is -0.138. The average Bonchev–Trinajstić information content (AvgIpc) is 3.29. The molecule has 0 fully saturated rings. The first kappa shape index (κ1) is 20.1. The summed E-state index contributed by atoms with van der Waals surface area (Å²) in [5, 5.41) is 6.84. The normalized spacial score (nSPS) is 12.8. The zero-order chi connectivity index (χ0) is 20.3. The molecule has 0 radical (unpaired) electrons. The minimum absolute atomic E-state index is 0.00210. The summed E-state index contributed by atoms with van der Waals surface area (Å²) in [6.45, 7) is 0.0257. The van der Waals surface area contributed by atoms with Gasteiger partial charge in [0.15, 0.2) is 0 Å². The van der Waals surface area contributed by atoms with E-state index in [2.05, 4.69) is 10.4 Å². The highest BCUT2D eigenvalue weighted by molar-refractivity contribution is 7.17. The smallest absolute Gasteiger partial charge is 0.347 e. The van der Waals surface area contributed by atoms with Crippen molar-refractivity contribution >= 4 is 17.2 Å². The zero-order valence-electron chi connectivity index (χ0n) is 15.0. The van der Waals surface area contributed by atoms with Gasteiger partial charge in [-0.1, -0.05) is 18.2 Å². The van der Waals surface area contributed by atoms with E-state index in [1.807, 2.05) is 12.1 Å². The zero-order valence-corrected chi connectivity index (χ0v) is 15.8. The predicted molar refractivity (Wildman–Crippen MR) is 102 cm³/mol. The molecule has 1 unspecified atom stereocenters. The van der Waals surface area contributed by atoms with Gasteiger partial charge < -0.3 is 11.1 Å². The van der Waals surface area contributed by atoms with Crippen LogP contribution in [0.25, 0.3) is 10.6 Å². The van der Waals surface area contributed by atoms with Crippen LogP contribution in [-0.2, 0) is 19.6 Å². The number of nitrogens with zero attached hydrogens (tertiary/aromatic N) is 2. The monoisotopic (exact) mass is 408 g/mol. The molecule has 1 atom stereocenters. The van der Waals surface area contributed by atoms with Crippen LogP contribution in [0.5, 0.6) is 0 Å². The molecule has 28 heavy (non-hydrogen) atoms. The molecular formula is C19H19F3N4OS. The van der Waals surface area contributed by atoms with E-state index < -0.39 is 17.8 Å². The van der Waals surface area contributed by atoms with E-state index in [4.69, 9.17) is 5.73 Å². The van der Waals surface area contributed by atoms with Crippen molar-refractivity contribution in [2.75, 3.05) is 6.54 Å². The second kappa shape index (κ2) is 8.15. The number of aromatic nitrogens is 2. The number of halogens is 3. The van der Waals surface area contributed by atoms with Gasteiger partial charge in [0, 0.05) is 25.8 Å². The van der Waals surface area contributed by atoms with Crippen LogP contribution in [0.3, 0.4) is 0 Å². The minimum Gasteiger partial charge on any atom is -0.347 e. The van der Waals surface area contributed by atoms with Gasteiger partial charge in [-0.2, -0.15) is 18.3 Å². The summed E-state index contributed by atoms with van der Waals surface area (Å²) in [5.41, 5.74) is 5.97. The van der Waals surface area contributed by atoms with Gasteiger partial charge in [0.05, 0.1) is 21.0 Å². The van der Waals surface area contributed by atoms with Gasteiger partial charge in [-0.3, -0.25) is 9.48 Å². The number of nitrogens with two attached hydrogens (primary N) is 1. The van der Waals surface area contributed by atoms with Crippen molar-refractivity contribution in [3.05, 3.63) is 64.7 Å². The Labute approximate surface area is 164 Å². The number of carbonyl (C=O) groups is 1. The fourth-order valence-electron chi connectivity index (χ4n) is 2.90. The Morgan fingerprint density at radius 2 is 2.00 bits per heavy atom. The standard InChI is InChI=1S/C19H19F3N4OS/c1-26-15(8-9-24-26)16-6-7-17(28-16)18(27)25-13(11-23)10-12-4-2-3-5-14(12)19(20,21)22/h2-9,13H,10-11,23H2,1H3,(H,25,27). The highest BCUT2D eigenvalue weighted by Gasteiger charge is 2.33. The van der Waals surface area contributed by atoms with Crippen molar-refractivity contribution in [2.45, 2.75) is 18.6 Å². The number of aryl methyl sites for hydroxylation is 1. The molecule has 148 valence electrons. The van der Waals surface area contributed by atoms with Crippen LogP contribution >= 0.6 is 11.3 Å². The van der Waals surface area contributed by atoms with Crippen molar-refractivity contribution in [1.29, 1.82) is 0 Å². The number of alkyl halides is 3. The molecule has 0 spiro atoms. The molecule has 0 aliphatic carbocycles. The van der Waals surface area contributed by atoms with Crippen molar-refractivity contribution in [1.82, 2.24) is 15.1 Å². The molecule has 0 aliphatic rings. The van der Waals surface area contributed by atoms with Crippen LogP contribution in [0, 0.1) is 0 Å². The first-order valence-corrected chi connectivity index (χ1v) is 9.35. The SMILES string of the molecule is Cn1nccc1-c1ccc(C(=O)NC(CN)Cc2ccccc2C(F)(F)F)s1. The van der Waals surface area contributed by atoms with Crippen molar-refractivity contribution in [3.8, 4) is 10.6 Å². The Hall–Kier alpha value is -2.65. The summed E-state index contributed by atoms with van der Waals surface area (Å²) in [4.78, 5) is 13.9. The highest BCUT2D eigenvalue weighted by Crippen LogP contribution is 2.32. The Morgan fingerprint density at radius 3 is 2.64 bits per heavy atom. The lowest BCUT2D eigenvalue weighted by atomic mass is 9.99. The molecule has 2 heterocycles. The second-order valence-electron chi connectivity index (χ2n) is 6.27. The van der Waals surface area contributed by atoms with Crippen LogP contribution in [0.4, 0.5) is 13.2 Å². The lowest BCUT2D eigenvalue weighted by Gasteiger charge is -2.19. The number of nitrogens with one attached hydrogen (secondary N) is 1. The van der Waals surface area contributed by atoms with Gasteiger partial charge in [-0.05, 0) is 36.2 Å².